The zero-order valence-electron chi connectivity index (χ0n) is 22.2. The van der Waals surface area contributed by atoms with E-state index in [9.17, 15) is 9.59 Å². The van der Waals surface area contributed by atoms with Crippen molar-refractivity contribution in [3.8, 4) is 11.5 Å². The summed E-state index contributed by atoms with van der Waals surface area (Å²) in [4.78, 5) is 42.3. The van der Waals surface area contributed by atoms with Crippen LogP contribution in [0.3, 0.4) is 0 Å². The minimum absolute atomic E-state index is 0.00669. The number of fused-ring (bicyclic) bond motifs is 5. The smallest absolute Gasteiger partial charge is 0.246 e. The van der Waals surface area contributed by atoms with Crippen molar-refractivity contribution < 1.29 is 19.1 Å². The Balaban J connectivity index is 1.14. The monoisotopic (exact) mass is 538 g/mol. The summed E-state index contributed by atoms with van der Waals surface area (Å²) in [6, 6.07) is 13.0. The summed E-state index contributed by atoms with van der Waals surface area (Å²) >= 11 is 0. The van der Waals surface area contributed by atoms with Crippen LogP contribution >= 0.6 is 0 Å². The van der Waals surface area contributed by atoms with E-state index in [0.29, 0.717) is 17.9 Å². The Labute approximate surface area is 231 Å². The minimum Gasteiger partial charge on any atom is -0.454 e. The van der Waals surface area contributed by atoms with Crippen molar-refractivity contribution in [1.29, 1.82) is 0 Å². The number of nitrogens with one attached hydrogen (secondary N) is 1. The molecule has 2 saturated heterocycles. The van der Waals surface area contributed by atoms with Gasteiger partial charge in [-0.1, -0.05) is 24.3 Å². The summed E-state index contributed by atoms with van der Waals surface area (Å²) < 4.78 is 13.2. The summed E-state index contributed by atoms with van der Waals surface area (Å²) in [6.45, 7) is 2.61. The SMILES string of the molecule is Cn1ccnc1CN1CC[C@@H](N2CC(=O)N3[C@@H](c4ccc5c(c4)OCO5)c4[nH]c5ccccc5c4C[C@@H]3C2=O)C1. The molecule has 0 unspecified atom stereocenters. The first-order valence-corrected chi connectivity index (χ1v) is 13.8. The van der Waals surface area contributed by atoms with Crippen molar-refractivity contribution in [2.75, 3.05) is 26.4 Å². The number of carbonyl (C=O) groups excluding carboxylic acids is 2. The lowest BCUT2D eigenvalue weighted by Gasteiger charge is -2.48. The molecule has 204 valence electrons. The number of rotatable bonds is 4. The molecular weight excluding hydrogens is 508 g/mol. The standard InChI is InChI=1S/C30H30N6O4/c1-33-11-9-31-26(33)15-34-10-8-19(14-34)35-16-27(37)36-23(30(35)38)13-21-20-4-2-3-5-22(20)32-28(21)29(36)18-6-7-24-25(12-18)40-17-39-24/h2-7,9,11-12,19,23,29,32H,8,10,13-17H2,1H3/t19-,23-,29+/m1/s1. The molecule has 10 heteroatoms. The second-order valence-electron chi connectivity index (χ2n) is 11.2. The largest absolute Gasteiger partial charge is 0.454 e. The number of hydrogen-bond donors (Lipinski definition) is 1. The van der Waals surface area contributed by atoms with E-state index in [2.05, 4.69) is 20.9 Å². The van der Waals surface area contributed by atoms with Crippen LogP contribution in [0.5, 0.6) is 11.5 Å². The van der Waals surface area contributed by atoms with Gasteiger partial charge >= 0.3 is 0 Å². The first-order valence-electron chi connectivity index (χ1n) is 13.8. The maximum atomic E-state index is 14.2. The molecule has 40 heavy (non-hydrogen) atoms. The van der Waals surface area contributed by atoms with Crippen molar-refractivity contribution in [2.45, 2.75) is 37.5 Å². The number of likely N-dealkylation sites (tertiary alicyclic amines) is 1. The Morgan fingerprint density at radius 1 is 1.10 bits per heavy atom. The Morgan fingerprint density at radius 3 is 2.85 bits per heavy atom. The number of benzene rings is 2. The Hall–Kier alpha value is -4.31. The zero-order chi connectivity index (χ0) is 27.0. The van der Waals surface area contributed by atoms with E-state index >= 15 is 0 Å². The number of para-hydroxylation sites is 1. The third-order valence-corrected chi connectivity index (χ3v) is 8.98. The Bertz CT molecular complexity index is 1660. The molecule has 8 rings (SSSR count). The van der Waals surface area contributed by atoms with Gasteiger partial charge in [0.15, 0.2) is 11.5 Å². The number of nitrogens with zero attached hydrogens (tertiary/aromatic N) is 5. The molecule has 6 heterocycles. The van der Waals surface area contributed by atoms with E-state index in [1.54, 1.807) is 0 Å². The van der Waals surface area contributed by atoms with E-state index in [0.717, 1.165) is 59.6 Å². The van der Waals surface area contributed by atoms with Gasteiger partial charge in [0.25, 0.3) is 0 Å². The molecule has 2 fully saturated rings. The number of aromatic amines is 1. The van der Waals surface area contributed by atoms with Gasteiger partial charge in [-0.3, -0.25) is 14.5 Å². The van der Waals surface area contributed by atoms with Crippen LogP contribution in [0.15, 0.2) is 54.9 Å². The molecule has 4 aliphatic rings. The fraction of sp³-hybridized carbons (Fsp3) is 0.367. The van der Waals surface area contributed by atoms with Gasteiger partial charge in [-0.25, -0.2) is 4.98 Å². The van der Waals surface area contributed by atoms with Gasteiger partial charge in [0.05, 0.1) is 12.6 Å². The van der Waals surface area contributed by atoms with Crippen LogP contribution in [-0.2, 0) is 29.6 Å². The number of aryl methyl sites for hydroxylation is 1. The highest BCUT2D eigenvalue weighted by Gasteiger charge is 2.50. The average molecular weight is 539 g/mol. The van der Waals surface area contributed by atoms with E-state index in [4.69, 9.17) is 9.47 Å². The van der Waals surface area contributed by atoms with E-state index in [1.165, 1.54) is 0 Å². The van der Waals surface area contributed by atoms with Crippen LogP contribution in [0.4, 0.5) is 0 Å². The quantitative estimate of drug-likeness (QED) is 0.429. The highest BCUT2D eigenvalue weighted by Crippen LogP contribution is 2.45. The molecule has 3 atom stereocenters. The predicted octanol–water partition coefficient (Wildman–Crippen LogP) is 2.59. The molecule has 4 aliphatic heterocycles. The number of aromatic nitrogens is 3. The minimum atomic E-state index is -0.563. The Morgan fingerprint density at radius 2 is 1.98 bits per heavy atom. The molecule has 0 radical (unpaired) electrons. The first kappa shape index (κ1) is 23.6. The third kappa shape index (κ3) is 3.55. The molecule has 0 bridgehead atoms. The number of carbonyl (C=O) groups is 2. The maximum absolute atomic E-state index is 14.2. The molecule has 2 aromatic carbocycles. The first-order chi connectivity index (χ1) is 19.5. The maximum Gasteiger partial charge on any atom is 0.246 e. The van der Waals surface area contributed by atoms with Gasteiger partial charge in [0.1, 0.15) is 18.4 Å². The van der Waals surface area contributed by atoms with Gasteiger partial charge < -0.3 is 28.8 Å². The van der Waals surface area contributed by atoms with Gasteiger partial charge in [-0.2, -0.15) is 0 Å². The molecule has 0 spiro atoms. The molecule has 2 amide bonds. The topological polar surface area (TPSA) is 95.9 Å². The summed E-state index contributed by atoms with van der Waals surface area (Å²) in [5, 5.41) is 1.10. The number of ether oxygens (including phenoxy) is 2. The molecule has 0 aliphatic carbocycles. The lowest BCUT2D eigenvalue weighted by Crippen LogP contribution is -2.65. The molecular formula is C30H30N6O4. The van der Waals surface area contributed by atoms with E-state index in [1.807, 2.05) is 70.2 Å². The van der Waals surface area contributed by atoms with Crippen molar-refractivity contribution >= 4 is 22.7 Å². The van der Waals surface area contributed by atoms with Crippen LogP contribution in [0.1, 0.15) is 35.1 Å². The van der Waals surface area contributed by atoms with Crippen molar-refractivity contribution in [2.24, 2.45) is 7.05 Å². The second kappa shape index (κ2) is 8.85. The van der Waals surface area contributed by atoms with Gasteiger partial charge in [-0.05, 0) is 35.7 Å². The van der Waals surface area contributed by atoms with Gasteiger partial charge in [0, 0.05) is 61.6 Å². The number of amides is 2. The molecule has 1 N–H and O–H groups in total. The molecule has 2 aromatic heterocycles. The third-order valence-electron chi connectivity index (χ3n) is 8.98. The second-order valence-corrected chi connectivity index (χ2v) is 11.2. The lowest BCUT2D eigenvalue weighted by molar-refractivity contribution is -0.160. The highest BCUT2D eigenvalue weighted by molar-refractivity contribution is 5.98. The number of hydrogen-bond acceptors (Lipinski definition) is 6. The number of H-pyrrole nitrogens is 1. The van der Waals surface area contributed by atoms with Crippen LogP contribution in [-0.4, -0.2) is 79.6 Å². The van der Waals surface area contributed by atoms with Crippen molar-refractivity contribution in [3.63, 3.8) is 0 Å². The molecule has 0 saturated carbocycles. The molecule has 10 nitrogen and oxygen atoms in total. The summed E-state index contributed by atoms with van der Waals surface area (Å²) in [7, 11) is 2.00. The lowest BCUT2D eigenvalue weighted by atomic mass is 9.85. The number of imidazole rings is 1. The van der Waals surface area contributed by atoms with Crippen LogP contribution < -0.4 is 9.47 Å². The normalized spacial score (nSPS) is 24.2. The number of piperazine rings is 1. The van der Waals surface area contributed by atoms with Crippen LogP contribution in [0.2, 0.25) is 0 Å². The van der Waals surface area contributed by atoms with Gasteiger partial charge in [0.2, 0.25) is 18.6 Å². The Kier molecular flexibility index (Phi) is 5.22. The fourth-order valence-corrected chi connectivity index (χ4v) is 6.98. The van der Waals surface area contributed by atoms with E-state index < -0.39 is 12.1 Å². The molecule has 4 aromatic rings. The summed E-state index contributed by atoms with van der Waals surface area (Å²) in [5.74, 6) is 2.35. The van der Waals surface area contributed by atoms with Crippen molar-refractivity contribution in [1.82, 2.24) is 29.2 Å². The highest BCUT2D eigenvalue weighted by atomic mass is 16.7. The fourth-order valence-electron chi connectivity index (χ4n) is 6.98. The summed E-state index contributed by atoms with van der Waals surface area (Å²) in [6.07, 6.45) is 5.09. The van der Waals surface area contributed by atoms with Crippen LogP contribution in [0, 0.1) is 0 Å². The van der Waals surface area contributed by atoms with Gasteiger partial charge in [-0.15, -0.1) is 0 Å². The zero-order valence-corrected chi connectivity index (χ0v) is 22.2. The predicted molar refractivity (Wildman–Crippen MR) is 146 cm³/mol. The summed E-state index contributed by atoms with van der Waals surface area (Å²) in [5.41, 5.74) is 3.98. The van der Waals surface area contributed by atoms with E-state index in [-0.39, 0.29) is 31.2 Å². The van der Waals surface area contributed by atoms with Crippen molar-refractivity contribution in [3.05, 3.63) is 77.5 Å². The average Bonchev–Trinajstić information content (AvgIpc) is 3.76. The van der Waals surface area contributed by atoms with Crippen LogP contribution in [0.25, 0.3) is 10.9 Å².